The molecular formula is C29H40F2N4O3. The Hall–Kier alpha value is -2.36. The number of piperazine rings is 1. The van der Waals surface area contributed by atoms with Gasteiger partial charge in [0.25, 0.3) is 5.56 Å². The number of nitrogens with zero attached hydrogens (tertiary/aromatic N) is 4. The van der Waals surface area contributed by atoms with Crippen molar-refractivity contribution in [2.75, 3.05) is 53.0 Å². The minimum atomic E-state index is -2.70. The first kappa shape index (κ1) is 27.2. The number of hydrogen-bond acceptors (Lipinski definition) is 5. The number of carbonyl (C=O) groups is 1. The second-order valence-electron chi connectivity index (χ2n) is 11.6. The molecule has 1 atom stereocenters. The van der Waals surface area contributed by atoms with Gasteiger partial charge in [0.05, 0.1) is 24.2 Å². The number of fused-ring (bicyclic) bond motifs is 1. The summed E-state index contributed by atoms with van der Waals surface area (Å²) in [6.07, 6.45) is 1.64. The average Bonchev–Trinajstić information content (AvgIpc) is 2.91. The lowest BCUT2D eigenvalue weighted by Gasteiger charge is -2.51. The lowest BCUT2D eigenvalue weighted by atomic mass is 9.84. The zero-order valence-electron chi connectivity index (χ0n) is 22.6. The highest BCUT2D eigenvalue weighted by atomic mass is 19.3. The quantitative estimate of drug-likeness (QED) is 0.573. The average molecular weight is 531 g/mol. The van der Waals surface area contributed by atoms with Gasteiger partial charge in [0, 0.05) is 70.7 Å². The Kier molecular flexibility index (Phi) is 7.89. The van der Waals surface area contributed by atoms with E-state index in [1.807, 2.05) is 30.3 Å². The molecule has 2 saturated heterocycles. The predicted molar refractivity (Wildman–Crippen MR) is 143 cm³/mol. The van der Waals surface area contributed by atoms with Crippen molar-refractivity contribution in [3.8, 4) is 0 Å². The van der Waals surface area contributed by atoms with Gasteiger partial charge >= 0.3 is 0 Å². The van der Waals surface area contributed by atoms with Crippen molar-refractivity contribution in [1.82, 2.24) is 19.3 Å². The van der Waals surface area contributed by atoms with E-state index >= 15 is 0 Å². The van der Waals surface area contributed by atoms with Crippen LogP contribution >= 0.6 is 0 Å². The number of likely N-dealkylation sites (N-methyl/N-ethyl adjacent to an activating group) is 1. The Labute approximate surface area is 223 Å². The van der Waals surface area contributed by atoms with Gasteiger partial charge in [0.2, 0.25) is 11.8 Å². The van der Waals surface area contributed by atoms with E-state index in [4.69, 9.17) is 4.74 Å². The molecule has 0 spiro atoms. The first-order valence-corrected chi connectivity index (χ1v) is 13.9. The van der Waals surface area contributed by atoms with Crippen molar-refractivity contribution in [2.45, 2.75) is 56.5 Å². The zero-order chi connectivity index (χ0) is 26.9. The summed E-state index contributed by atoms with van der Waals surface area (Å²) >= 11 is 0. The van der Waals surface area contributed by atoms with Gasteiger partial charge in [0.1, 0.15) is 0 Å². The Morgan fingerprint density at radius 1 is 1.08 bits per heavy atom. The SMILES string of the molecule is CN1CCN(C2(CN(Cc3cc4ccccc4n(C)c3=O)C(=O)C3CCC(F)(F)CC3)CCCOC2)CC1. The van der Waals surface area contributed by atoms with Crippen LogP contribution in [0.3, 0.4) is 0 Å². The summed E-state index contributed by atoms with van der Waals surface area (Å²) in [7, 11) is 3.87. The van der Waals surface area contributed by atoms with E-state index in [1.54, 1.807) is 16.5 Å². The largest absolute Gasteiger partial charge is 0.379 e. The molecule has 208 valence electrons. The van der Waals surface area contributed by atoms with Crippen molar-refractivity contribution in [2.24, 2.45) is 13.0 Å². The number of aromatic nitrogens is 1. The number of hydrogen-bond donors (Lipinski definition) is 0. The Balaban J connectivity index is 1.48. The Bertz CT molecular complexity index is 1190. The van der Waals surface area contributed by atoms with E-state index in [0.29, 0.717) is 25.3 Å². The maximum Gasteiger partial charge on any atom is 0.255 e. The maximum absolute atomic E-state index is 14.0. The Morgan fingerprint density at radius 3 is 2.47 bits per heavy atom. The first-order chi connectivity index (χ1) is 18.2. The van der Waals surface area contributed by atoms with Gasteiger partial charge in [-0.3, -0.25) is 14.5 Å². The van der Waals surface area contributed by atoms with Gasteiger partial charge in [-0.2, -0.15) is 0 Å². The van der Waals surface area contributed by atoms with Crippen LogP contribution in [0.2, 0.25) is 0 Å². The molecule has 9 heteroatoms. The molecule has 3 aliphatic rings. The molecule has 0 N–H and O–H groups in total. The minimum absolute atomic E-state index is 0.116. The molecule has 1 amide bonds. The summed E-state index contributed by atoms with van der Waals surface area (Å²) in [5, 5.41) is 0.934. The summed E-state index contributed by atoms with van der Waals surface area (Å²) in [6, 6.07) is 9.59. The summed E-state index contributed by atoms with van der Waals surface area (Å²) in [4.78, 5) is 34.0. The molecule has 1 unspecified atom stereocenters. The number of halogens is 2. The van der Waals surface area contributed by atoms with E-state index in [0.717, 1.165) is 49.9 Å². The number of benzene rings is 1. The molecule has 1 saturated carbocycles. The number of ether oxygens (including phenoxy) is 1. The highest BCUT2D eigenvalue weighted by Crippen LogP contribution is 2.38. The van der Waals surface area contributed by atoms with Gasteiger partial charge in [-0.25, -0.2) is 8.78 Å². The number of pyridine rings is 1. The third kappa shape index (κ3) is 5.65. The second-order valence-corrected chi connectivity index (χ2v) is 11.6. The van der Waals surface area contributed by atoms with Gasteiger partial charge in [0.15, 0.2) is 0 Å². The van der Waals surface area contributed by atoms with Crippen molar-refractivity contribution >= 4 is 16.8 Å². The normalized spacial score (nSPS) is 25.5. The van der Waals surface area contributed by atoms with Crippen LogP contribution in [0.15, 0.2) is 35.1 Å². The predicted octanol–water partition coefficient (Wildman–Crippen LogP) is 3.49. The fourth-order valence-corrected chi connectivity index (χ4v) is 6.51. The summed E-state index contributed by atoms with van der Waals surface area (Å²) in [5.41, 5.74) is 0.898. The van der Waals surface area contributed by atoms with Gasteiger partial charge in [-0.15, -0.1) is 0 Å². The van der Waals surface area contributed by atoms with Crippen molar-refractivity contribution in [3.63, 3.8) is 0 Å². The zero-order valence-corrected chi connectivity index (χ0v) is 22.6. The summed E-state index contributed by atoms with van der Waals surface area (Å²) < 4.78 is 35.5. The molecule has 7 nitrogen and oxygen atoms in total. The van der Waals surface area contributed by atoms with Crippen LogP contribution in [0.4, 0.5) is 8.78 Å². The van der Waals surface area contributed by atoms with Crippen LogP contribution in [0.5, 0.6) is 0 Å². The van der Waals surface area contributed by atoms with Crippen molar-refractivity contribution in [3.05, 3.63) is 46.2 Å². The lowest BCUT2D eigenvalue weighted by molar-refractivity contribution is -0.146. The highest BCUT2D eigenvalue weighted by molar-refractivity contribution is 5.81. The fraction of sp³-hybridized carbons (Fsp3) is 0.655. The van der Waals surface area contributed by atoms with E-state index < -0.39 is 11.8 Å². The number of alkyl halides is 2. The van der Waals surface area contributed by atoms with Crippen LogP contribution in [-0.4, -0.2) is 89.6 Å². The molecule has 5 rings (SSSR count). The number of aryl methyl sites for hydroxylation is 1. The van der Waals surface area contributed by atoms with Crippen LogP contribution < -0.4 is 5.56 Å². The van der Waals surface area contributed by atoms with E-state index in [1.165, 1.54) is 0 Å². The number of para-hydroxylation sites is 1. The standard InChI is InChI=1S/C29H40F2N4O3/c1-32-13-15-35(16-14-32)28(10-5-17-38-21-28)20-34(27(37)22-8-11-29(30,31)12-9-22)19-24-18-23-6-3-4-7-25(23)33(2)26(24)36/h3-4,6-7,18,22H,5,8-17,19-21H2,1-2H3. The Morgan fingerprint density at radius 2 is 1.79 bits per heavy atom. The molecule has 1 aromatic carbocycles. The third-order valence-corrected chi connectivity index (χ3v) is 8.91. The fourth-order valence-electron chi connectivity index (χ4n) is 6.51. The molecule has 0 bridgehead atoms. The molecule has 2 aromatic rings. The smallest absolute Gasteiger partial charge is 0.255 e. The monoisotopic (exact) mass is 530 g/mol. The number of rotatable bonds is 6. The third-order valence-electron chi connectivity index (χ3n) is 8.91. The topological polar surface area (TPSA) is 58.0 Å². The van der Waals surface area contributed by atoms with E-state index in [9.17, 15) is 18.4 Å². The highest BCUT2D eigenvalue weighted by Gasteiger charge is 2.44. The minimum Gasteiger partial charge on any atom is -0.379 e. The molecule has 2 aliphatic heterocycles. The molecule has 1 aliphatic carbocycles. The van der Waals surface area contributed by atoms with E-state index in [-0.39, 0.29) is 49.2 Å². The summed E-state index contributed by atoms with van der Waals surface area (Å²) in [5.74, 6) is -3.27. The van der Waals surface area contributed by atoms with Gasteiger partial charge in [-0.1, -0.05) is 18.2 Å². The van der Waals surface area contributed by atoms with Crippen molar-refractivity contribution < 1.29 is 18.3 Å². The maximum atomic E-state index is 14.0. The van der Waals surface area contributed by atoms with E-state index in [2.05, 4.69) is 16.8 Å². The van der Waals surface area contributed by atoms with Gasteiger partial charge in [-0.05, 0) is 50.2 Å². The van der Waals surface area contributed by atoms with Crippen LogP contribution in [0.1, 0.15) is 44.1 Å². The first-order valence-electron chi connectivity index (χ1n) is 13.9. The molecule has 3 fully saturated rings. The number of carbonyl (C=O) groups excluding carboxylic acids is 1. The van der Waals surface area contributed by atoms with Crippen LogP contribution in [0, 0.1) is 5.92 Å². The lowest BCUT2D eigenvalue weighted by Crippen LogP contribution is -2.64. The summed E-state index contributed by atoms with van der Waals surface area (Å²) in [6.45, 7) is 5.48. The molecule has 1 aromatic heterocycles. The molecule has 38 heavy (non-hydrogen) atoms. The van der Waals surface area contributed by atoms with Gasteiger partial charge < -0.3 is 19.1 Å². The van der Waals surface area contributed by atoms with Crippen LogP contribution in [0.25, 0.3) is 10.9 Å². The van der Waals surface area contributed by atoms with Crippen molar-refractivity contribution in [1.29, 1.82) is 0 Å². The molecule has 3 heterocycles. The molecule has 0 radical (unpaired) electrons. The molecular weight excluding hydrogens is 490 g/mol. The number of amides is 1. The van der Waals surface area contributed by atoms with Crippen LogP contribution in [-0.2, 0) is 23.1 Å². The second kappa shape index (κ2) is 11.0.